The molecule has 1 aliphatic heterocycles. The Bertz CT molecular complexity index is 341. The van der Waals surface area contributed by atoms with Crippen LogP contribution in [0.5, 0.6) is 0 Å². The largest absolute Gasteiger partial charge is 0.313 e. The van der Waals surface area contributed by atoms with Crippen LogP contribution in [0.15, 0.2) is 24.3 Å². The van der Waals surface area contributed by atoms with E-state index in [2.05, 4.69) is 55.2 Å². The average molecular weight is 263 g/mol. The summed E-state index contributed by atoms with van der Waals surface area (Å²) in [4.78, 5) is 0. The molecule has 0 aromatic heterocycles. The van der Waals surface area contributed by atoms with Crippen LogP contribution in [-0.2, 0) is 6.42 Å². The molecule has 1 saturated heterocycles. The summed E-state index contributed by atoms with van der Waals surface area (Å²) in [7, 11) is 0. The van der Waals surface area contributed by atoms with Gasteiger partial charge in [0.2, 0.25) is 0 Å². The fraction of sp³-hybridized carbons (Fsp3) is 0.625. The SMILES string of the molecule is CCCNC(Cc1ccc(C)cc1)C1CCCS1. The van der Waals surface area contributed by atoms with Crippen molar-refractivity contribution in [2.24, 2.45) is 0 Å². The normalized spacial score (nSPS) is 21.1. The second-order valence-corrected chi connectivity index (χ2v) is 6.65. The molecule has 1 aromatic rings. The Labute approximate surface area is 116 Å². The molecule has 0 radical (unpaired) electrons. The summed E-state index contributed by atoms with van der Waals surface area (Å²) in [6.45, 7) is 5.55. The molecule has 2 atom stereocenters. The first-order valence-corrected chi connectivity index (χ1v) is 8.25. The van der Waals surface area contributed by atoms with Crippen molar-refractivity contribution in [3.05, 3.63) is 35.4 Å². The first-order valence-electron chi connectivity index (χ1n) is 7.20. The Morgan fingerprint density at radius 2 is 2.11 bits per heavy atom. The molecular formula is C16H25NS. The van der Waals surface area contributed by atoms with Crippen molar-refractivity contribution >= 4 is 11.8 Å². The van der Waals surface area contributed by atoms with Crippen molar-refractivity contribution in [2.45, 2.75) is 50.8 Å². The highest BCUT2D eigenvalue weighted by atomic mass is 32.2. The zero-order valence-corrected chi connectivity index (χ0v) is 12.4. The Balaban J connectivity index is 1.97. The van der Waals surface area contributed by atoms with Crippen LogP contribution in [0.3, 0.4) is 0 Å². The molecule has 18 heavy (non-hydrogen) atoms. The highest BCUT2D eigenvalue weighted by Crippen LogP contribution is 2.30. The first-order chi connectivity index (χ1) is 8.79. The van der Waals surface area contributed by atoms with Crippen LogP contribution in [-0.4, -0.2) is 23.6 Å². The van der Waals surface area contributed by atoms with Crippen molar-refractivity contribution in [1.29, 1.82) is 0 Å². The Kier molecular flexibility index (Phi) is 5.58. The van der Waals surface area contributed by atoms with Gasteiger partial charge in [-0.3, -0.25) is 0 Å². The summed E-state index contributed by atoms with van der Waals surface area (Å²) in [5.74, 6) is 1.35. The van der Waals surface area contributed by atoms with Gasteiger partial charge in [-0.25, -0.2) is 0 Å². The molecule has 1 aromatic carbocycles. The molecule has 1 nitrogen and oxygen atoms in total. The lowest BCUT2D eigenvalue weighted by Gasteiger charge is -2.24. The van der Waals surface area contributed by atoms with Crippen molar-refractivity contribution in [3.8, 4) is 0 Å². The van der Waals surface area contributed by atoms with E-state index < -0.39 is 0 Å². The maximum absolute atomic E-state index is 3.75. The van der Waals surface area contributed by atoms with Crippen LogP contribution < -0.4 is 5.32 Å². The van der Waals surface area contributed by atoms with Gasteiger partial charge in [-0.15, -0.1) is 0 Å². The summed E-state index contributed by atoms with van der Waals surface area (Å²) in [5.41, 5.74) is 2.83. The minimum atomic E-state index is 0.653. The molecule has 2 heteroatoms. The fourth-order valence-corrected chi connectivity index (χ4v) is 3.96. The van der Waals surface area contributed by atoms with E-state index in [1.54, 1.807) is 0 Å². The molecule has 0 saturated carbocycles. The van der Waals surface area contributed by atoms with Gasteiger partial charge < -0.3 is 5.32 Å². The highest BCUT2D eigenvalue weighted by molar-refractivity contribution is 8.00. The molecule has 0 bridgehead atoms. The van der Waals surface area contributed by atoms with Gasteiger partial charge in [-0.05, 0) is 50.5 Å². The van der Waals surface area contributed by atoms with E-state index >= 15 is 0 Å². The lowest BCUT2D eigenvalue weighted by Crippen LogP contribution is -2.39. The molecule has 1 heterocycles. The number of benzene rings is 1. The standard InChI is InChI=1S/C16H25NS/c1-3-10-17-15(16-5-4-11-18-16)12-14-8-6-13(2)7-9-14/h6-9,15-17H,3-5,10-12H2,1-2H3. The zero-order valence-electron chi connectivity index (χ0n) is 11.6. The molecule has 0 aliphatic carbocycles. The number of thioether (sulfide) groups is 1. The second-order valence-electron chi connectivity index (χ2n) is 5.30. The number of hydrogen-bond donors (Lipinski definition) is 1. The molecule has 2 unspecified atom stereocenters. The summed E-state index contributed by atoms with van der Waals surface area (Å²) in [5, 5.41) is 4.57. The molecular weight excluding hydrogens is 238 g/mol. The van der Waals surface area contributed by atoms with Crippen LogP contribution >= 0.6 is 11.8 Å². The van der Waals surface area contributed by atoms with E-state index in [0.29, 0.717) is 6.04 Å². The van der Waals surface area contributed by atoms with Crippen molar-refractivity contribution in [2.75, 3.05) is 12.3 Å². The fourth-order valence-electron chi connectivity index (χ4n) is 2.56. The molecule has 1 N–H and O–H groups in total. The third-order valence-corrected chi connectivity index (χ3v) is 5.16. The summed E-state index contributed by atoms with van der Waals surface area (Å²) in [6.07, 6.45) is 5.19. The van der Waals surface area contributed by atoms with Gasteiger partial charge >= 0.3 is 0 Å². The number of rotatable bonds is 6. The second kappa shape index (κ2) is 7.20. The summed E-state index contributed by atoms with van der Waals surface area (Å²) in [6, 6.07) is 9.69. The lowest BCUT2D eigenvalue weighted by atomic mass is 10.00. The third-order valence-electron chi connectivity index (χ3n) is 3.65. The topological polar surface area (TPSA) is 12.0 Å². The maximum Gasteiger partial charge on any atom is 0.0226 e. The highest BCUT2D eigenvalue weighted by Gasteiger charge is 2.25. The Hall–Kier alpha value is -0.470. The smallest absolute Gasteiger partial charge is 0.0226 e. The zero-order chi connectivity index (χ0) is 12.8. The van der Waals surface area contributed by atoms with E-state index in [1.165, 1.54) is 42.6 Å². The lowest BCUT2D eigenvalue weighted by molar-refractivity contribution is 0.482. The van der Waals surface area contributed by atoms with Crippen molar-refractivity contribution < 1.29 is 0 Å². The first kappa shape index (κ1) is 14.0. The number of nitrogens with one attached hydrogen (secondary N) is 1. The quantitative estimate of drug-likeness (QED) is 0.838. The van der Waals surface area contributed by atoms with Crippen molar-refractivity contribution in [3.63, 3.8) is 0 Å². The van der Waals surface area contributed by atoms with Gasteiger partial charge in [0.05, 0.1) is 0 Å². The van der Waals surface area contributed by atoms with Crippen LogP contribution in [0.1, 0.15) is 37.3 Å². The predicted molar refractivity (Wildman–Crippen MR) is 82.4 cm³/mol. The molecule has 2 rings (SSSR count). The average Bonchev–Trinajstić information content (AvgIpc) is 2.90. The van der Waals surface area contributed by atoms with Gasteiger partial charge in [0.25, 0.3) is 0 Å². The van der Waals surface area contributed by atoms with Gasteiger partial charge in [-0.1, -0.05) is 36.8 Å². The van der Waals surface area contributed by atoms with Gasteiger partial charge in [0.15, 0.2) is 0 Å². The van der Waals surface area contributed by atoms with E-state index in [1.807, 2.05) is 0 Å². The van der Waals surface area contributed by atoms with Crippen LogP contribution in [0, 0.1) is 6.92 Å². The molecule has 0 amide bonds. The molecule has 0 spiro atoms. The maximum atomic E-state index is 3.75. The van der Waals surface area contributed by atoms with E-state index in [9.17, 15) is 0 Å². The van der Waals surface area contributed by atoms with Crippen molar-refractivity contribution in [1.82, 2.24) is 5.32 Å². The van der Waals surface area contributed by atoms with Gasteiger partial charge in [0, 0.05) is 11.3 Å². The monoisotopic (exact) mass is 263 g/mol. The predicted octanol–water partition coefficient (Wildman–Crippen LogP) is 3.80. The Morgan fingerprint density at radius 1 is 1.33 bits per heavy atom. The molecule has 1 aliphatic rings. The van der Waals surface area contributed by atoms with Gasteiger partial charge in [-0.2, -0.15) is 11.8 Å². The van der Waals surface area contributed by atoms with Crippen LogP contribution in [0.25, 0.3) is 0 Å². The Morgan fingerprint density at radius 3 is 2.72 bits per heavy atom. The third kappa shape index (κ3) is 4.03. The van der Waals surface area contributed by atoms with Crippen LogP contribution in [0.4, 0.5) is 0 Å². The van der Waals surface area contributed by atoms with E-state index in [4.69, 9.17) is 0 Å². The summed E-state index contributed by atoms with van der Waals surface area (Å²) >= 11 is 2.16. The van der Waals surface area contributed by atoms with E-state index in [-0.39, 0.29) is 0 Å². The van der Waals surface area contributed by atoms with Gasteiger partial charge in [0.1, 0.15) is 0 Å². The minimum Gasteiger partial charge on any atom is -0.313 e. The van der Waals surface area contributed by atoms with E-state index in [0.717, 1.165) is 11.8 Å². The minimum absolute atomic E-state index is 0.653. The molecule has 1 fully saturated rings. The number of aryl methyl sites for hydroxylation is 1. The number of hydrogen-bond acceptors (Lipinski definition) is 2. The molecule has 100 valence electrons. The summed E-state index contributed by atoms with van der Waals surface area (Å²) < 4.78 is 0. The van der Waals surface area contributed by atoms with Crippen LogP contribution in [0.2, 0.25) is 0 Å².